The Balaban J connectivity index is 2.29. The van der Waals surface area contributed by atoms with Crippen LogP contribution in [0.25, 0.3) is 0 Å². The SMILES string of the molecule is COc1c(C)cnc(CC(N)c2ccc(C)nc2C)c1C. The zero-order chi connectivity index (χ0) is 15.6. The average molecular weight is 285 g/mol. The molecule has 2 rings (SSSR count). The van der Waals surface area contributed by atoms with Gasteiger partial charge in [0.25, 0.3) is 0 Å². The van der Waals surface area contributed by atoms with Gasteiger partial charge in [0, 0.05) is 46.9 Å². The minimum absolute atomic E-state index is 0.114. The maximum absolute atomic E-state index is 6.36. The summed E-state index contributed by atoms with van der Waals surface area (Å²) in [5, 5.41) is 0. The molecule has 0 fully saturated rings. The summed E-state index contributed by atoms with van der Waals surface area (Å²) in [7, 11) is 1.69. The fourth-order valence-corrected chi connectivity index (χ4v) is 2.68. The molecule has 0 amide bonds. The lowest BCUT2D eigenvalue weighted by atomic mass is 9.98. The van der Waals surface area contributed by atoms with Gasteiger partial charge in [-0.1, -0.05) is 6.07 Å². The van der Waals surface area contributed by atoms with Crippen molar-refractivity contribution in [2.24, 2.45) is 5.73 Å². The molecule has 1 atom stereocenters. The summed E-state index contributed by atoms with van der Waals surface area (Å²) >= 11 is 0. The van der Waals surface area contributed by atoms with E-state index < -0.39 is 0 Å². The Bertz CT molecular complexity index is 653. The molecule has 0 aliphatic rings. The van der Waals surface area contributed by atoms with E-state index in [9.17, 15) is 0 Å². The highest BCUT2D eigenvalue weighted by Crippen LogP contribution is 2.27. The molecule has 0 saturated carbocycles. The van der Waals surface area contributed by atoms with Gasteiger partial charge in [-0.2, -0.15) is 0 Å². The summed E-state index contributed by atoms with van der Waals surface area (Å²) < 4.78 is 5.45. The normalized spacial score (nSPS) is 12.3. The number of pyridine rings is 2. The molecule has 2 aromatic rings. The van der Waals surface area contributed by atoms with Crippen LogP contribution in [0.3, 0.4) is 0 Å². The lowest BCUT2D eigenvalue weighted by Gasteiger charge is -2.17. The maximum atomic E-state index is 6.36. The van der Waals surface area contributed by atoms with Gasteiger partial charge >= 0.3 is 0 Å². The largest absolute Gasteiger partial charge is 0.496 e. The van der Waals surface area contributed by atoms with Gasteiger partial charge in [0.05, 0.1) is 7.11 Å². The number of aromatic nitrogens is 2. The molecule has 112 valence electrons. The van der Waals surface area contributed by atoms with E-state index in [0.29, 0.717) is 6.42 Å². The number of aryl methyl sites for hydroxylation is 3. The first-order chi connectivity index (χ1) is 9.93. The third-order valence-electron chi connectivity index (χ3n) is 3.83. The first-order valence-corrected chi connectivity index (χ1v) is 7.12. The van der Waals surface area contributed by atoms with Crippen LogP contribution in [0.4, 0.5) is 0 Å². The fourth-order valence-electron chi connectivity index (χ4n) is 2.68. The standard InChI is InChI=1S/C17H23N3O/c1-10-9-19-16(12(3)17(10)21-5)8-15(18)14-7-6-11(2)20-13(14)4/h6-7,9,15H,8,18H2,1-5H3. The lowest BCUT2D eigenvalue weighted by Crippen LogP contribution is -2.17. The van der Waals surface area contributed by atoms with Gasteiger partial charge in [-0.3, -0.25) is 9.97 Å². The van der Waals surface area contributed by atoms with Crippen molar-refractivity contribution in [2.45, 2.75) is 40.2 Å². The van der Waals surface area contributed by atoms with Crippen molar-refractivity contribution in [1.29, 1.82) is 0 Å². The Morgan fingerprint density at radius 2 is 1.90 bits per heavy atom. The van der Waals surface area contributed by atoms with E-state index in [2.05, 4.69) is 16.0 Å². The van der Waals surface area contributed by atoms with Gasteiger partial charge in [0.2, 0.25) is 0 Å². The maximum Gasteiger partial charge on any atom is 0.128 e. The first kappa shape index (κ1) is 15.4. The third-order valence-corrected chi connectivity index (χ3v) is 3.83. The van der Waals surface area contributed by atoms with Crippen LogP contribution in [0.1, 0.15) is 39.8 Å². The van der Waals surface area contributed by atoms with Crippen LogP contribution in [-0.4, -0.2) is 17.1 Å². The van der Waals surface area contributed by atoms with Crippen LogP contribution >= 0.6 is 0 Å². The molecular weight excluding hydrogens is 262 g/mol. The highest BCUT2D eigenvalue weighted by molar-refractivity contribution is 5.41. The summed E-state index contributed by atoms with van der Waals surface area (Å²) in [5.74, 6) is 0.894. The van der Waals surface area contributed by atoms with Crippen LogP contribution in [0.15, 0.2) is 18.3 Å². The number of nitrogens with zero attached hydrogens (tertiary/aromatic N) is 2. The van der Waals surface area contributed by atoms with Crippen molar-refractivity contribution in [2.75, 3.05) is 7.11 Å². The van der Waals surface area contributed by atoms with Crippen molar-refractivity contribution < 1.29 is 4.74 Å². The van der Waals surface area contributed by atoms with Crippen molar-refractivity contribution in [3.63, 3.8) is 0 Å². The molecule has 0 aliphatic carbocycles. The molecule has 1 unspecified atom stereocenters. The lowest BCUT2D eigenvalue weighted by molar-refractivity contribution is 0.406. The Labute approximate surface area is 126 Å². The number of hydrogen-bond acceptors (Lipinski definition) is 4. The molecule has 0 aromatic carbocycles. The quantitative estimate of drug-likeness (QED) is 0.938. The number of nitrogens with two attached hydrogens (primary N) is 1. The van der Waals surface area contributed by atoms with Crippen LogP contribution in [-0.2, 0) is 6.42 Å². The van der Waals surface area contributed by atoms with Gasteiger partial charge in [-0.05, 0) is 39.3 Å². The van der Waals surface area contributed by atoms with Gasteiger partial charge in [-0.15, -0.1) is 0 Å². The van der Waals surface area contributed by atoms with E-state index in [4.69, 9.17) is 10.5 Å². The van der Waals surface area contributed by atoms with E-state index in [1.807, 2.05) is 40.0 Å². The molecule has 0 aliphatic heterocycles. The number of hydrogen-bond donors (Lipinski definition) is 1. The zero-order valence-corrected chi connectivity index (χ0v) is 13.4. The van der Waals surface area contributed by atoms with E-state index in [0.717, 1.165) is 39.5 Å². The molecule has 4 nitrogen and oxygen atoms in total. The topological polar surface area (TPSA) is 61.0 Å². The van der Waals surface area contributed by atoms with E-state index >= 15 is 0 Å². The molecule has 0 bridgehead atoms. The van der Waals surface area contributed by atoms with Crippen molar-refractivity contribution in [3.05, 3.63) is 52.1 Å². The number of ether oxygens (including phenoxy) is 1. The molecule has 0 spiro atoms. The van der Waals surface area contributed by atoms with Gasteiger partial charge in [0.1, 0.15) is 5.75 Å². The number of rotatable bonds is 4. The molecule has 0 radical (unpaired) electrons. The van der Waals surface area contributed by atoms with E-state index in [-0.39, 0.29) is 6.04 Å². The van der Waals surface area contributed by atoms with Crippen LogP contribution in [0.2, 0.25) is 0 Å². The summed E-state index contributed by atoms with van der Waals surface area (Å²) in [5.41, 5.74) is 12.5. The molecule has 2 aromatic heterocycles. The second kappa shape index (κ2) is 6.22. The van der Waals surface area contributed by atoms with Gasteiger partial charge in [-0.25, -0.2) is 0 Å². The van der Waals surface area contributed by atoms with Gasteiger partial charge in [0.15, 0.2) is 0 Å². The smallest absolute Gasteiger partial charge is 0.128 e. The van der Waals surface area contributed by atoms with E-state index in [1.165, 1.54) is 0 Å². The number of methoxy groups -OCH3 is 1. The second-order valence-electron chi connectivity index (χ2n) is 5.48. The summed E-state index contributed by atoms with van der Waals surface area (Å²) in [4.78, 5) is 9.00. The highest BCUT2D eigenvalue weighted by Gasteiger charge is 2.15. The molecule has 2 N–H and O–H groups in total. The highest BCUT2D eigenvalue weighted by atomic mass is 16.5. The Kier molecular flexibility index (Phi) is 4.58. The third kappa shape index (κ3) is 3.22. The van der Waals surface area contributed by atoms with Crippen molar-refractivity contribution in [1.82, 2.24) is 9.97 Å². The van der Waals surface area contributed by atoms with Crippen LogP contribution < -0.4 is 10.5 Å². The fraction of sp³-hybridized carbons (Fsp3) is 0.412. The monoisotopic (exact) mass is 285 g/mol. The van der Waals surface area contributed by atoms with Crippen LogP contribution in [0, 0.1) is 27.7 Å². The molecule has 4 heteroatoms. The van der Waals surface area contributed by atoms with Crippen LogP contribution in [0.5, 0.6) is 5.75 Å². The Morgan fingerprint density at radius 3 is 2.52 bits per heavy atom. The summed E-state index contributed by atoms with van der Waals surface area (Å²) in [6.07, 6.45) is 2.52. The molecule has 0 saturated heterocycles. The Morgan fingerprint density at radius 1 is 1.19 bits per heavy atom. The van der Waals surface area contributed by atoms with E-state index in [1.54, 1.807) is 7.11 Å². The summed E-state index contributed by atoms with van der Waals surface area (Å²) in [6.45, 7) is 8.01. The molecular formula is C17H23N3O. The average Bonchev–Trinajstić information content (AvgIpc) is 2.42. The van der Waals surface area contributed by atoms with Gasteiger partial charge < -0.3 is 10.5 Å². The second-order valence-corrected chi connectivity index (χ2v) is 5.48. The predicted octanol–water partition coefficient (Wildman–Crippen LogP) is 2.96. The summed E-state index contributed by atoms with van der Waals surface area (Å²) in [6, 6.07) is 3.94. The predicted molar refractivity (Wildman–Crippen MR) is 84.6 cm³/mol. The minimum Gasteiger partial charge on any atom is -0.496 e. The van der Waals surface area contributed by atoms with Crippen molar-refractivity contribution >= 4 is 0 Å². The zero-order valence-electron chi connectivity index (χ0n) is 13.4. The first-order valence-electron chi connectivity index (χ1n) is 7.12. The Hall–Kier alpha value is -1.94. The molecule has 21 heavy (non-hydrogen) atoms. The molecule has 2 heterocycles. The minimum atomic E-state index is -0.114. The van der Waals surface area contributed by atoms with Crippen molar-refractivity contribution in [3.8, 4) is 5.75 Å².